The van der Waals surface area contributed by atoms with Crippen LogP contribution in [0.25, 0.3) is 0 Å². The molecule has 5 heteroatoms. The topological polar surface area (TPSA) is 29.1 Å². The van der Waals surface area contributed by atoms with Crippen molar-refractivity contribution < 1.29 is 9.18 Å². The minimum Gasteiger partial charge on any atom is -0.351 e. The Kier molecular flexibility index (Phi) is 6.20. The molecule has 0 aliphatic rings. The van der Waals surface area contributed by atoms with Crippen molar-refractivity contribution in [1.82, 2.24) is 5.32 Å². The van der Waals surface area contributed by atoms with Gasteiger partial charge in [-0.25, -0.2) is 4.39 Å². The molecule has 0 aromatic heterocycles. The highest BCUT2D eigenvalue weighted by Gasteiger charge is 2.26. The van der Waals surface area contributed by atoms with Crippen LogP contribution in [0.4, 0.5) is 4.39 Å². The predicted molar refractivity (Wildman–Crippen MR) is 82.8 cm³/mol. The van der Waals surface area contributed by atoms with Gasteiger partial charge in [0, 0.05) is 16.2 Å². The molecule has 1 amide bonds. The molecule has 1 aromatic rings. The second-order valence-corrected chi connectivity index (χ2v) is 6.23. The zero-order valence-corrected chi connectivity index (χ0v) is 13.2. The molecule has 0 spiro atoms. The summed E-state index contributed by atoms with van der Waals surface area (Å²) in [6, 6.07) is 4.24. The van der Waals surface area contributed by atoms with Gasteiger partial charge in [-0.3, -0.25) is 4.79 Å². The highest BCUT2D eigenvalue weighted by atomic mass is 32.2. The smallest absolute Gasteiger partial charge is 0.254 e. The Bertz CT molecular complexity index is 439. The van der Waals surface area contributed by atoms with Crippen molar-refractivity contribution in [3.05, 3.63) is 29.6 Å². The summed E-state index contributed by atoms with van der Waals surface area (Å²) in [7, 11) is 0. The summed E-state index contributed by atoms with van der Waals surface area (Å²) in [5, 5.41) is 2.83. The van der Waals surface area contributed by atoms with E-state index >= 15 is 0 Å². The normalized spacial score (nSPS) is 11.4. The molecule has 106 valence electrons. The van der Waals surface area contributed by atoms with Crippen LogP contribution in [0, 0.1) is 5.82 Å². The number of rotatable bonds is 6. The van der Waals surface area contributed by atoms with Crippen molar-refractivity contribution in [2.24, 2.45) is 0 Å². The van der Waals surface area contributed by atoms with Gasteiger partial charge in [0.25, 0.3) is 5.91 Å². The van der Waals surface area contributed by atoms with Gasteiger partial charge in [0.05, 0.1) is 5.56 Å². The fourth-order valence-electron chi connectivity index (χ4n) is 1.88. The summed E-state index contributed by atoms with van der Waals surface area (Å²) < 4.78 is 13.6. The number of carbonyl (C=O) groups excluding carboxylic acids is 1. The molecular formula is C14H20FNOS2. The first-order valence-corrected chi connectivity index (χ1v) is 7.97. The van der Waals surface area contributed by atoms with Crippen LogP contribution >= 0.6 is 24.4 Å². The lowest BCUT2D eigenvalue weighted by molar-refractivity contribution is 0.0944. The summed E-state index contributed by atoms with van der Waals surface area (Å²) in [4.78, 5) is 12.6. The number of nitrogens with one attached hydrogen (secondary N) is 1. The second-order valence-electron chi connectivity index (χ2n) is 4.44. The fourth-order valence-corrected chi connectivity index (χ4v) is 2.88. The van der Waals surface area contributed by atoms with Crippen LogP contribution in [0.2, 0.25) is 0 Å². The van der Waals surface area contributed by atoms with E-state index in [2.05, 4.69) is 31.8 Å². The molecule has 0 atom stereocenters. The maximum absolute atomic E-state index is 13.6. The van der Waals surface area contributed by atoms with Crippen molar-refractivity contribution in [2.75, 3.05) is 12.8 Å². The predicted octanol–water partition coefficient (Wildman–Crippen LogP) is 3.77. The van der Waals surface area contributed by atoms with Crippen molar-refractivity contribution >= 4 is 30.3 Å². The van der Waals surface area contributed by atoms with E-state index in [-0.39, 0.29) is 16.2 Å². The van der Waals surface area contributed by atoms with Gasteiger partial charge in [0.1, 0.15) is 5.82 Å². The van der Waals surface area contributed by atoms with E-state index in [9.17, 15) is 9.18 Å². The number of thioether (sulfide) groups is 1. The summed E-state index contributed by atoms with van der Waals surface area (Å²) in [5.74, 6) is -0.897. The Balaban J connectivity index is 2.77. The molecule has 19 heavy (non-hydrogen) atoms. The molecule has 1 rings (SSSR count). The van der Waals surface area contributed by atoms with E-state index in [1.54, 1.807) is 11.8 Å². The van der Waals surface area contributed by atoms with Crippen LogP contribution in [0.1, 0.15) is 37.0 Å². The lowest BCUT2D eigenvalue weighted by atomic mass is 10.0. The molecule has 0 unspecified atom stereocenters. The van der Waals surface area contributed by atoms with E-state index in [0.717, 1.165) is 12.8 Å². The molecule has 1 aromatic carbocycles. The van der Waals surface area contributed by atoms with Crippen molar-refractivity contribution in [3.8, 4) is 0 Å². The van der Waals surface area contributed by atoms with Crippen LogP contribution < -0.4 is 5.32 Å². The van der Waals surface area contributed by atoms with Gasteiger partial charge >= 0.3 is 0 Å². The Morgan fingerprint density at radius 2 is 2.05 bits per heavy atom. The minimum atomic E-state index is -0.516. The van der Waals surface area contributed by atoms with E-state index in [1.807, 2.05) is 6.26 Å². The largest absolute Gasteiger partial charge is 0.351 e. The average molecular weight is 301 g/mol. The maximum atomic E-state index is 13.6. The summed E-state index contributed by atoms with van der Waals surface area (Å²) in [5.41, 5.74) is 0.0507. The number of benzene rings is 1. The van der Waals surface area contributed by atoms with Crippen molar-refractivity contribution in [2.45, 2.75) is 36.3 Å². The molecule has 0 radical (unpaired) electrons. The number of hydrogen-bond donors (Lipinski definition) is 2. The lowest BCUT2D eigenvalue weighted by Gasteiger charge is -2.29. The third-order valence-electron chi connectivity index (χ3n) is 3.49. The summed E-state index contributed by atoms with van der Waals surface area (Å²) in [6.45, 7) is 4.73. The second kappa shape index (κ2) is 7.20. The fraction of sp³-hybridized carbons (Fsp3) is 0.500. The van der Waals surface area contributed by atoms with Crippen molar-refractivity contribution in [1.29, 1.82) is 0 Å². The average Bonchev–Trinajstić information content (AvgIpc) is 2.43. The van der Waals surface area contributed by atoms with Gasteiger partial charge in [-0.15, -0.1) is 12.6 Å². The highest BCUT2D eigenvalue weighted by molar-refractivity contribution is 8.00. The first-order chi connectivity index (χ1) is 8.98. The standard InChI is InChI=1S/C14H20FNOS2/c1-4-14(5-2,19-3)9-16-13(17)11-8-10(18)6-7-12(11)15/h6-8,18H,4-5,9H2,1-3H3,(H,16,17). The molecule has 0 saturated heterocycles. The summed E-state index contributed by atoms with van der Waals surface area (Å²) in [6.07, 6.45) is 3.95. The van der Waals surface area contributed by atoms with Gasteiger partial charge in [-0.2, -0.15) is 11.8 Å². The van der Waals surface area contributed by atoms with Crippen molar-refractivity contribution in [3.63, 3.8) is 0 Å². The number of amides is 1. The maximum Gasteiger partial charge on any atom is 0.254 e. The third-order valence-corrected chi connectivity index (χ3v) is 5.35. The third kappa shape index (κ3) is 4.14. The Labute approximate surface area is 124 Å². The van der Waals surface area contributed by atoms with Crippen LogP contribution in [0.3, 0.4) is 0 Å². The molecule has 0 heterocycles. The number of thiol groups is 1. The zero-order chi connectivity index (χ0) is 14.5. The van der Waals surface area contributed by atoms with Crippen LogP contribution in [-0.4, -0.2) is 23.5 Å². The van der Waals surface area contributed by atoms with Crippen LogP contribution in [0.5, 0.6) is 0 Å². The SMILES string of the molecule is CCC(CC)(CNC(=O)c1cc(S)ccc1F)SC. The lowest BCUT2D eigenvalue weighted by Crippen LogP contribution is -2.39. The molecule has 0 fully saturated rings. The number of halogens is 1. The van der Waals surface area contributed by atoms with Gasteiger partial charge in [-0.05, 0) is 37.3 Å². The molecule has 1 N–H and O–H groups in total. The Hall–Kier alpha value is -0.680. The summed E-state index contributed by atoms with van der Waals surface area (Å²) >= 11 is 5.86. The van der Waals surface area contributed by atoms with E-state index < -0.39 is 5.82 Å². The molecule has 2 nitrogen and oxygen atoms in total. The molecule has 0 aliphatic heterocycles. The van der Waals surface area contributed by atoms with Crippen LogP contribution in [-0.2, 0) is 0 Å². The Morgan fingerprint density at radius 3 is 2.58 bits per heavy atom. The zero-order valence-electron chi connectivity index (χ0n) is 11.5. The Morgan fingerprint density at radius 1 is 1.42 bits per heavy atom. The first-order valence-electron chi connectivity index (χ1n) is 6.30. The van der Waals surface area contributed by atoms with E-state index in [4.69, 9.17) is 0 Å². The van der Waals surface area contributed by atoms with Gasteiger partial charge in [-0.1, -0.05) is 13.8 Å². The molecule has 0 saturated carbocycles. The minimum absolute atomic E-state index is 0.0186. The van der Waals surface area contributed by atoms with E-state index in [0.29, 0.717) is 11.4 Å². The van der Waals surface area contributed by atoms with E-state index in [1.165, 1.54) is 18.2 Å². The molecule has 0 bridgehead atoms. The molecule has 0 aliphatic carbocycles. The quantitative estimate of drug-likeness (QED) is 0.783. The highest BCUT2D eigenvalue weighted by Crippen LogP contribution is 2.29. The molecular weight excluding hydrogens is 281 g/mol. The first kappa shape index (κ1) is 16.4. The van der Waals surface area contributed by atoms with Gasteiger partial charge in [0.2, 0.25) is 0 Å². The van der Waals surface area contributed by atoms with Gasteiger partial charge in [0.15, 0.2) is 0 Å². The number of carbonyl (C=O) groups is 1. The monoisotopic (exact) mass is 301 g/mol. The number of hydrogen-bond acceptors (Lipinski definition) is 3. The van der Waals surface area contributed by atoms with Crippen LogP contribution in [0.15, 0.2) is 23.1 Å². The van der Waals surface area contributed by atoms with Gasteiger partial charge < -0.3 is 5.32 Å².